The molecule has 0 unspecified atom stereocenters. The van der Waals surface area contributed by atoms with E-state index >= 15 is 0 Å². The van der Waals surface area contributed by atoms with Crippen LogP contribution in [0.2, 0.25) is 0 Å². The van der Waals surface area contributed by atoms with Gasteiger partial charge in [-0.2, -0.15) is 9.47 Å². The van der Waals surface area contributed by atoms with Crippen molar-refractivity contribution in [2.75, 3.05) is 18.4 Å². The summed E-state index contributed by atoms with van der Waals surface area (Å²) in [7, 11) is 1.90. The van der Waals surface area contributed by atoms with Gasteiger partial charge >= 0.3 is 0 Å². The number of anilines is 2. The average molecular weight is 435 g/mol. The van der Waals surface area contributed by atoms with E-state index in [2.05, 4.69) is 35.7 Å². The number of imidazole rings is 1. The molecule has 0 saturated carbocycles. The standard InChI is InChI=1S/C21H22N8OS/c1-14(13-30)28-6-3-15(4-7-28)17-9-19(31-26-17)25-20-21-23-11-18(29(21)8-5-22-20)16-10-24-27(2)12-16/h5,8-12,15H,3-4,6-7H2,1-2H3,(H,22,25). The van der Waals surface area contributed by atoms with Crippen molar-refractivity contribution in [1.82, 2.24) is 33.4 Å². The summed E-state index contributed by atoms with van der Waals surface area (Å²) in [6, 6.07) is 2.10. The molecule has 0 bridgehead atoms. The number of hydrogen-bond donors (Lipinski definition) is 1. The molecule has 10 heteroatoms. The van der Waals surface area contributed by atoms with Gasteiger partial charge in [0.15, 0.2) is 11.5 Å². The number of fused-ring (bicyclic) bond motifs is 1. The van der Waals surface area contributed by atoms with Gasteiger partial charge in [0.1, 0.15) is 10.9 Å². The van der Waals surface area contributed by atoms with Crippen molar-refractivity contribution in [1.29, 1.82) is 0 Å². The number of aromatic nitrogens is 6. The Hall–Kier alpha value is -3.49. The summed E-state index contributed by atoms with van der Waals surface area (Å²) in [6.45, 7) is 3.54. The van der Waals surface area contributed by atoms with Gasteiger partial charge in [-0.1, -0.05) is 0 Å². The van der Waals surface area contributed by atoms with E-state index in [-0.39, 0.29) is 0 Å². The van der Waals surface area contributed by atoms with E-state index in [1.54, 1.807) is 10.9 Å². The van der Waals surface area contributed by atoms with Crippen LogP contribution in [0.25, 0.3) is 16.9 Å². The molecular weight excluding hydrogens is 412 g/mol. The van der Waals surface area contributed by atoms with Gasteiger partial charge in [0.05, 0.1) is 29.5 Å². The molecule has 1 N–H and O–H groups in total. The molecule has 4 aromatic rings. The Morgan fingerprint density at radius 2 is 2.10 bits per heavy atom. The third-order valence-corrected chi connectivity index (χ3v) is 6.45. The quantitative estimate of drug-likeness (QED) is 0.482. The van der Waals surface area contributed by atoms with E-state index in [1.807, 2.05) is 49.1 Å². The molecule has 4 aromatic heterocycles. The molecule has 1 aliphatic rings. The van der Waals surface area contributed by atoms with Gasteiger partial charge in [0, 0.05) is 50.2 Å². The summed E-state index contributed by atoms with van der Waals surface area (Å²) in [5.74, 6) is 3.09. The predicted octanol–water partition coefficient (Wildman–Crippen LogP) is 3.24. The van der Waals surface area contributed by atoms with Gasteiger partial charge in [0.25, 0.3) is 0 Å². The van der Waals surface area contributed by atoms with Gasteiger partial charge in [-0.25, -0.2) is 14.8 Å². The molecule has 0 spiro atoms. The zero-order valence-corrected chi connectivity index (χ0v) is 18.1. The summed E-state index contributed by atoms with van der Waals surface area (Å²) >= 11 is 1.43. The fraction of sp³-hybridized carbons (Fsp3) is 0.333. The Balaban J connectivity index is 1.34. The first kappa shape index (κ1) is 19.5. The van der Waals surface area contributed by atoms with Gasteiger partial charge in [-0.15, -0.1) is 0 Å². The van der Waals surface area contributed by atoms with Crippen molar-refractivity contribution in [3.8, 4) is 11.3 Å². The first-order valence-electron chi connectivity index (χ1n) is 10.1. The van der Waals surface area contributed by atoms with Crippen LogP contribution in [0.5, 0.6) is 0 Å². The van der Waals surface area contributed by atoms with Gasteiger partial charge in [-0.05, 0) is 37.4 Å². The largest absolute Gasteiger partial charge is 0.366 e. The van der Waals surface area contributed by atoms with Crippen LogP contribution >= 0.6 is 11.5 Å². The minimum atomic E-state index is 0.398. The highest BCUT2D eigenvalue weighted by molar-refractivity contribution is 7.10. The lowest BCUT2D eigenvalue weighted by Crippen LogP contribution is -2.31. The Morgan fingerprint density at radius 3 is 2.84 bits per heavy atom. The first-order valence-corrected chi connectivity index (χ1v) is 10.9. The highest BCUT2D eigenvalue weighted by Crippen LogP contribution is 2.33. The summed E-state index contributed by atoms with van der Waals surface area (Å²) in [4.78, 5) is 22.0. The van der Waals surface area contributed by atoms with Crippen LogP contribution in [0.1, 0.15) is 31.4 Å². The number of aryl methyl sites for hydroxylation is 1. The van der Waals surface area contributed by atoms with Crippen molar-refractivity contribution in [2.24, 2.45) is 7.05 Å². The molecule has 1 saturated heterocycles. The van der Waals surface area contributed by atoms with Crippen LogP contribution < -0.4 is 5.32 Å². The lowest BCUT2D eigenvalue weighted by atomic mass is 9.93. The zero-order valence-electron chi connectivity index (χ0n) is 17.3. The lowest BCUT2D eigenvalue weighted by molar-refractivity contribution is 0.264. The van der Waals surface area contributed by atoms with Gasteiger partial charge < -0.3 is 10.2 Å². The minimum Gasteiger partial charge on any atom is -0.366 e. The maximum atomic E-state index is 10.9. The topological polar surface area (TPSA) is 93.2 Å². The molecule has 5 heterocycles. The summed E-state index contributed by atoms with van der Waals surface area (Å²) in [5.41, 5.74) is 4.48. The van der Waals surface area contributed by atoms with Gasteiger partial charge in [0.2, 0.25) is 0 Å². The van der Waals surface area contributed by atoms with Crippen molar-refractivity contribution in [2.45, 2.75) is 25.7 Å². The van der Waals surface area contributed by atoms with Crippen LogP contribution in [-0.2, 0) is 11.8 Å². The maximum Gasteiger partial charge on any atom is 0.180 e. The summed E-state index contributed by atoms with van der Waals surface area (Å²) in [5, 5.41) is 8.58. The fourth-order valence-corrected chi connectivity index (χ4v) is 4.73. The normalized spacial score (nSPS) is 14.7. The van der Waals surface area contributed by atoms with E-state index in [9.17, 15) is 4.79 Å². The molecule has 0 atom stereocenters. The Kier molecular flexibility index (Phi) is 5.01. The average Bonchev–Trinajstić information content (AvgIpc) is 3.53. The number of hydrogen-bond acceptors (Lipinski definition) is 8. The van der Waals surface area contributed by atoms with Crippen LogP contribution in [0, 0.1) is 0 Å². The van der Waals surface area contributed by atoms with Crippen LogP contribution in [-0.4, -0.2) is 52.5 Å². The monoisotopic (exact) mass is 434 g/mol. The first-order chi connectivity index (χ1) is 15.1. The molecule has 1 fully saturated rings. The molecule has 0 aliphatic carbocycles. The van der Waals surface area contributed by atoms with E-state index in [0.29, 0.717) is 17.4 Å². The molecule has 1 aliphatic heterocycles. The molecule has 158 valence electrons. The lowest BCUT2D eigenvalue weighted by Gasteiger charge is -2.31. The smallest absolute Gasteiger partial charge is 0.180 e. The van der Waals surface area contributed by atoms with E-state index in [4.69, 9.17) is 0 Å². The molecule has 5 rings (SSSR count). The molecule has 0 radical (unpaired) electrons. The van der Waals surface area contributed by atoms with E-state index in [1.165, 1.54) is 11.5 Å². The summed E-state index contributed by atoms with van der Waals surface area (Å²) < 4.78 is 8.45. The maximum absolute atomic E-state index is 10.9. The second-order valence-corrected chi connectivity index (χ2v) is 8.51. The SMILES string of the molecule is CC(=C=O)N1CCC(c2cc(Nc3nccn4c(-c5cnn(C)c5)cnc34)sn2)CC1. The van der Waals surface area contributed by atoms with Gasteiger partial charge in [-0.3, -0.25) is 9.08 Å². The summed E-state index contributed by atoms with van der Waals surface area (Å²) in [6.07, 6.45) is 11.2. The molecular formula is C21H22N8OS. The van der Waals surface area contributed by atoms with Crippen molar-refractivity contribution in [3.05, 3.63) is 48.4 Å². The number of nitrogens with zero attached hydrogens (tertiary/aromatic N) is 7. The van der Waals surface area contributed by atoms with Crippen LogP contribution in [0.15, 0.2) is 42.7 Å². The van der Waals surface area contributed by atoms with Crippen molar-refractivity contribution < 1.29 is 4.79 Å². The molecule has 0 amide bonds. The molecule has 9 nitrogen and oxygen atoms in total. The fourth-order valence-electron chi connectivity index (χ4n) is 4.01. The second kappa shape index (κ2) is 7.98. The number of nitrogens with one attached hydrogen (secondary N) is 1. The Morgan fingerprint density at radius 1 is 1.26 bits per heavy atom. The second-order valence-electron chi connectivity index (χ2n) is 7.71. The van der Waals surface area contributed by atoms with Crippen LogP contribution in [0.3, 0.4) is 0 Å². The Bertz CT molecular complexity index is 1270. The third kappa shape index (κ3) is 3.71. The van der Waals surface area contributed by atoms with E-state index < -0.39 is 0 Å². The van der Waals surface area contributed by atoms with E-state index in [0.717, 1.165) is 53.5 Å². The molecule has 31 heavy (non-hydrogen) atoms. The number of likely N-dealkylation sites (tertiary alicyclic amines) is 1. The number of carbonyl (C=O) groups excluding carboxylic acids is 1. The minimum absolute atomic E-state index is 0.398. The highest BCUT2D eigenvalue weighted by atomic mass is 32.1. The molecule has 0 aromatic carbocycles. The zero-order chi connectivity index (χ0) is 21.4. The Labute approximate surface area is 183 Å². The van der Waals surface area contributed by atoms with Crippen molar-refractivity contribution in [3.63, 3.8) is 0 Å². The number of allylic oxidation sites excluding steroid dienone is 1. The van der Waals surface area contributed by atoms with Crippen molar-refractivity contribution >= 4 is 33.9 Å². The number of piperidine rings is 1. The number of rotatable bonds is 5. The third-order valence-electron chi connectivity index (χ3n) is 5.73. The highest BCUT2D eigenvalue weighted by Gasteiger charge is 2.23. The van der Waals surface area contributed by atoms with Crippen LogP contribution in [0.4, 0.5) is 10.8 Å². The predicted molar refractivity (Wildman–Crippen MR) is 119 cm³/mol.